The van der Waals surface area contributed by atoms with E-state index < -0.39 is 0 Å². The molecule has 4 heteroatoms. The molecule has 1 N–H and O–H groups in total. The minimum Gasteiger partial charge on any atom is -0.392 e. The monoisotopic (exact) mass is 217 g/mol. The highest BCUT2D eigenvalue weighted by atomic mass is 35.5. The molecule has 2 saturated heterocycles. The molecule has 1 aliphatic carbocycles. The van der Waals surface area contributed by atoms with Crippen molar-refractivity contribution < 1.29 is 9.90 Å². The van der Waals surface area contributed by atoms with Crippen LogP contribution in [0.15, 0.2) is 0 Å². The number of hydrogen-bond donors (Lipinski definition) is 1. The first kappa shape index (κ1) is 10.2. The molecular weight excluding hydrogens is 202 g/mol. The van der Waals surface area contributed by atoms with E-state index in [1.807, 2.05) is 11.8 Å². The molecular formula is C10H16ClNO2. The van der Waals surface area contributed by atoms with Gasteiger partial charge in [0.2, 0.25) is 5.91 Å². The van der Waals surface area contributed by atoms with Gasteiger partial charge in [0.1, 0.15) is 5.38 Å². The van der Waals surface area contributed by atoms with E-state index in [4.69, 9.17) is 11.6 Å². The molecule has 4 atom stereocenters. The minimum absolute atomic E-state index is 0.0377. The average Bonchev–Trinajstić information content (AvgIpc) is 2.26. The Hall–Kier alpha value is -0.280. The van der Waals surface area contributed by atoms with Gasteiger partial charge in [-0.3, -0.25) is 4.79 Å². The van der Waals surface area contributed by atoms with Crippen molar-refractivity contribution in [3.8, 4) is 0 Å². The Balaban J connectivity index is 1.92. The molecule has 1 saturated carbocycles. The number of aliphatic hydroxyl groups excluding tert-OH is 1. The number of amides is 1. The predicted octanol–water partition coefficient (Wildman–Crippen LogP) is 0.843. The molecule has 0 radical (unpaired) electrons. The van der Waals surface area contributed by atoms with Crippen molar-refractivity contribution in [2.75, 3.05) is 13.1 Å². The van der Waals surface area contributed by atoms with Crippen molar-refractivity contribution in [1.29, 1.82) is 0 Å². The zero-order chi connectivity index (χ0) is 10.3. The van der Waals surface area contributed by atoms with Gasteiger partial charge in [-0.2, -0.15) is 0 Å². The fourth-order valence-corrected chi connectivity index (χ4v) is 2.55. The fraction of sp³-hybridized carbons (Fsp3) is 0.900. The highest BCUT2D eigenvalue weighted by Crippen LogP contribution is 2.40. The fourth-order valence-electron chi connectivity index (χ4n) is 2.42. The summed E-state index contributed by atoms with van der Waals surface area (Å²) >= 11 is 5.89. The quantitative estimate of drug-likeness (QED) is 0.697. The van der Waals surface area contributed by atoms with Gasteiger partial charge in [0.15, 0.2) is 0 Å². The van der Waals surface area contributed by atoms with E-state index in [1.54, 1.807) is 0 Å². The van der Waals surface area contributed by atoms with E-state index in [0.717, 1.165) is 6.42 Å². The van der Waals surface area contributed by atoms with E-state index in [1.165, 1.54) is 0 Å². The smallest absolute Gasteiger partial charge is 0.240 e. The zero-order valence-electron chi connectivity index (χ0n) is 8.32. The third kappa shape index (κ3) is 1.52. The van der Waals surface area contributed by atoms with Crippen LogP contribution in [0, 0.1) is 11.8 Å². The predicted molar refractivity (Wildman–Crippen MR) is 54.1 cm³/mol. The van der Waals surface area contributed by atoms with E-state index >= 15 is 0 Å². The summed E-state index contributed by atoms with van der Waals surface area (Å²) in [6.45, 7) is 3.30. The molecule has 3 fully saturated rings. The van der Waals surface area contributed by atoms with Gasteiger partial charge in [-0.1, -0.05) is 6.92 Å². The van der Waals surface area contributed by atoms with Crippen molar-refractivity contribution in [3.63, 3.8) is 0 Å². The maximum atomic E-state index is 11.7. The van der Waals surface area contributed by atoms with Gasteiger partial charge in [0.05, 0.1) is 6.10 Å². The molecule has 80 valence electrons. The second-order valence-electron chi connectivity index (χ2n) is 4.37. The lowest BCUT2D eigenvalue weighted by atomic mass is 9.68. The lowest BCUT2D eigenvalue weighted by molar-refractivity contribution is -0.150. The Labute approximate surface area is 89.0 Å². The van der Waals surface area contributed by atoms with E-state index in [0.29, 0.717) is 31.3 Å². The zero-order valence-corrected chi connectivity index (χ0v) is 9.07. The standard InChI is InChI=1S/C10H16ClNO2/c1-2-8(11)10(14)12-4-6-3-7(5-12)9(6)13/h6-9,13H,2-5H2,1H3/t6-,7+,8-,9?/m1/s1. The maximum Gasteiger partial charge on any atom is 0.240 e. The van der Waals surface area contributed by atoms with Gasteiger partial charge in [0, 0.05) is 24.9 Å². The topological polar surface area (TPSA) is 40.5 Å². The van der Waals surface area contributed by atoms with E-state index in [-0.39, 0.29) is 17.4 Å². The molecule has 3 aliphatic rings. The van der Waals surface area contributed by atoms with Crippen LogP contribution in [0.3, 0.4) is 0 Å². The van der Waals surface area contributed by atoms with Crippen molar-refractivity contribution in [1.82, 2.24) is 4.90 Å². The minimum atomic E-state index is -0.385. The van der Waals surface area contributed by atoms with E-state index in [9.17, 15) is 9.90 Å². The van der Waals surface area contributed by atoms with Crippen molar-refractivity contribution in [2.24, 2.45) is 11.8 Å². The van der Waals surface area contributed by atoms with Gasteiger partial charge in [-0.25, -0.2) is 0 Å². The van der Waals surface area contributed by atoms with Crippen LogP contribution in [0.25, 0.3) is 0 Å². The van der Waals surface area contributed by atoms with Gasteiger partial charge in [0.25, 0.3) is 0 Å². The van der Waals surface area contributed by atoms with Gasteiger partial charge >= 0.3 is 0 Å². The molecule has 3 nitrogen and oxygen atoms in total. The van der Waals surface area contributed by atoms with Gasteiger partial charge in [-0.15, -0.1) is 11.6 Å². The number of piperidine rings is 2. The molecule has 3 rings (SSSR count). The molecule has 2 bridgehead atoms. The summed E-state index contributed by atoms with van der Waals surface area (Å²) in [5, 5.41) is 9.17. The first-order chi connectivity index (χ1) is 6.63. The molecule has 0 spiro atoms. The summed E-state index contributed by atoms with van der Waals surface area (Å²) in [4.78, 5) is 13.5. The Morgan fingerprint density at radius 2 is 2.14 bits per heavy atom. The van der Waals surface area contributed by atoms with Gasteiger partial charge in [-0.05, 0) is 12.8 Å². The van der Waals surface area contributed by atoms with Crippen LogP contribution in [0.1, 0.15) is 19.8 Å². The lowest BCUT2D eigenvalue weighted by Crippen LogP contribution is -2.60. The normalized spacial score (nSPS) is 37.6. The molecule has 1 unspecified atom stereocenters. The number of rotatable bonds is 2. The van der Waals surface area contributed by atoms with Gasteiger partial charge < -0.3 is 10.0 Å². The Bertz CT molecular complexity index is 234. The van der Waals surface area contributed by atoms with Crippen molar-refractivity contribution in [3.05, 3.63) is 0 Å². The van der Waals surface area contributed by atoms with Crippen LogP contribution in [0.5, 0.6) is 0 Å². The summed E-state index contributed by atoms with van der Waals surface area (Å²) in [6, 6.07) is 0. The summed E-state index contributed by atoms with van der Waals surface area (Å²) in [5.74, 6) is 0.646. The Morgan fingerprint density at radius 1 is 1.57 bits per heavy atom. The van der Waals surface area contributed by atoms with Crippen molar-refractivity contribution >= 4 is 17.5 Å². The second-order valence-corrected chi connectivity index (χ2v) is 4.89. The van der Waals surface area contributed by atoms with Crippen LogP contribution < -0.4 is 0 Å². The maximum absolute atomic E-state index is 11.7. The summed E-state index contributed by atoms with van der Waals surface area (Å²) in [6.07, 6.45) is 1.58. The number of hydrogen-bond acceptors (Lipinski definition) is 2. The SMILES string of the molecule is CC[C@@H](Cl)C(=O)N1C[C@H]2C[C@@H](C1)C2O. The number of halogens is 1. The van der Waals surface area contributed by atoms with Crippen LogP contribution in [-0.2, 0) is 4.79 Å². The number of fused-ring (bicyclic) bond motifs is 2. The molecule has 2 aliphatic heterocycles. The summed E-state index contributed by atoms with van der Waals surface area (Å²) in [5.41, 5.74) is 0. The average molecular weight is 218 g/mol. The number of carbonyl (C=O) groups excluding carboxylic acids is 1. The Kier molecular flexibility index (Phi) is 2.71. The molecule has 14 heavy (non-hydrogen) atoms. The summed E-state index contributed by atoms with van der Waals surface area (Å²) < 4.78 is 0. The van der Waals surface area contributed by atoms with Crippen LogP contribution in [0.4, 0.5) is 0 Å². The highest BCUT2D eigenvalue weighted by molar-refractivity contribution is 6.30. The third-order valence-electron chi connectivity index (χ3n) is 3.42. The first-order valence-electron chi connectivity index (χ1n) is 5.24. The van der Waals surface area contributed by atoms with Crippen LogP contribution in [0.2, 0.25) is 0 Å². The molecule has 1 amide bonds. The lowest BCUT2D eigenvalue weighted by Gasteiger charge is -2.51. The van der Waals surface area contributed by atoms with Crippen LogP contribution >= 0.6 is 11.6 Å². The largest absolute Gasteiger partial charge is 0.392 e. The number of aliphatic hydroxyl groups is 1. The van der Waals surface area contributed by atoms with Crippen LogP contribution in [-0.4, -0.2) is 40.5 Å². The molecule has 0 aromatic carbocycles. The Morgan fingerprint density at radius 3 is 2.57 bits per heavy atom. The second kappa shape index (κ2) is 3.70. The first-order valence-corrected chi connectivity index (χ1v) is 5.68. The summed E-state index contributed by atoms with van der Waals surface area (Å²) in [7, 11) is 0. The number of nitrogens with zero attached hydrogens (tertiary/aromatic N) is 1. The third-order valence-corrected chi connectivity index (χ3v) is 3.91. The van der Waals surface area contributed by atoms with Crippen molar-refractivity contribution in [2.45, 2.75) is 31.2 Å². The molecule has 0 aromatic heterocycles. The number of alkyl halides is 1. The number of carbonyl (C=O) groups is 1. The molecule has 0 aromatic rings. The molecule has 2 heterocycles. The highest BCUT2D eigenvalue weighted by Gasteiger charge is 2.47. The van der Waals surface area contributed by atoms with E-state index in [2.05, 4.69) is 0 Å².